The number of carbonyl (C=O) groups is 5. The molecule has 152 valence electrons. The molecule has 0 bridgehead atoms. The Hall–Kier alpha value is -1.89. The number of ketones is 5. The van der Waals surface area contributed by atoms with Crippen LogP contribution in [0.15, 0.2) is 0 Å². The first-order valence-corrected chi connectivity index (χ1v) is 7.74. The monoisotopic (exact) mass is 390 g/mol. The molecule has 11 nitrogen and oxygen atoms in total. The molecule has 0 aromatic rings. The minimum atomic E-state index is -3.94. The van der Waals surface area contributed by atoms with Gasteiger partial charge in [-0.3, -0.25) is 24.0 Å². The predicted octanol–water partition coefficient (Wildman–Crippen LogP) is -3.43. The van der Waals surface area contributed by atoms with Gasteiger partial charge in [0.25, 0.3) is 5.79 Å². The third-order valence-corrected chi connectivity index (χ3v) is 5.24. The van der Waals surface area contributed by atoms with E-state index in [1.54, 1.807) is 0 Å². The molecule has 0 aromatic heterocycles. The highest BCUT2D eigenvalue weighted by Gasteiger charge is 2.88. The zero-order chi connectivity index (χ0) is 21.8. The van der Waals surface area contributed by atoms with Crippen molar-refractivity contribution < 1.29 is 54.2 Å². The molecule has 27 heavy (non-hydrogen) atoms. The van der Waals surface area contributed by atoms with Gasteiger partial charge in [0.1, 0.15) is 0 Å². The summed E-state index contributed by atoms with van der Waals surface area (Å²) in [6.45, 7) is 1.33. The van der Waals surface area contributed by atoms with E-state index in [9.17, 15) is 49.5 Å². The van der Waals surface area contributed by atoms with E-state index in [-0.39, 0.29) is 0 Å². The SMILES string of the molecule is CC(=O)C1(O)O[C@@](CO)(C(C)=O)[C@@](O)(C(C)=O)[C@@](O)(C(C)=O)[C@]1(O)C(C)=O. The van der Waals surface area contributed by atoms with Gasteiger partial charge in [0.15, 0.2) is 34.5 Å². The van der Waals surface area contributed by atoms with Gasteiger partial charge in [-0.15, -0.1) is 0 Å². The second-order valence-corrected chi connectivity index (χ2v) is 6.64. The summed E-state index contributed by atoms with van der Waals surface area (Å²) in [6.07, 6.45) is 0. The fraction of sp³-hybridized carbons (Fsp3) is 0.688. The molecule has 11 heteroatoms. The standard InChI is InChI=1S/C16H22O11/c1-7(18)12(6-17)13(23,8(2)19)14(24,9(3)20)15(25,10(4)21)16(26,27-12)11(5)22/h17,23-26H,6H2,1-5H3/t12-,13-,14-,15+,16?/m0/s1. The van der Waals surface area contributed by atoms with Crippen LogP contribution in [-0.4, -0.2) is 89.2 Å². The summed E-state index contributed by atoms with van der Waals surface area (Å²) in [4.78, 5) is 61.2. The van der Waals surface area contributed by atoms with Crippen molar-refractivity contribution in [2.45, 2.75) is 62.8 Å². The van der Waals surface area contributed by atoms with Crippen molar-refractivity contribution in [1.82, 2.24) is 0 Å². The zero-order valence-electron chi connectivity index (χ0n) is 15.4. The molecule has 0 aliphatic carbocycles. The molecule has 1 heterocycles. The Morgan fingerprint density at radius 3 is 1.22 bits per heavy atom. The van der Waals surface area contributed by atoms with Crippen molar-refractivity contribution >= 4 is 28.9 Å². The maximum atomic E-state index is 12.4. The van der Waals surface area contributed by atoms with Crippen molar-refractivity contribution in [3.8, 4) is 0 Å². The second-order valence-electron chi connectivity index (χ2n) is 6.64. The third kappa shape index (κ3) is 2.21. The highest BCUT2D eigenvalue weighted by atomic mass is 16.7. The minimum Gasteiger partial charge on any atom is -0.393 e. The third-order valence-electron chi connectivity index (χ3n) is 5.24. The lowest BCUT2D eigenvalue weighted by Crippen LogP contribution is -2.94. The summed E-state index contributed by atoms with van der Waals surface area (Å²) in [7, 11) is 0. The van der Waals surface area contributed by atoms with Crippen molar-refractivity contribution in [1.29, 1.82) is 0 Å². The van der Waals surface area contributed by atoms with Crippen molar-refractivity contribution in [3.63, 3.8) is 0 Å². The summed E-state index contributed by atoms with van der Waals surface area (Å²) in [5, 5.41) is 53.5. The lowest BCUT2D eigenvalue weighted by atomic mass is 9.53. The van der Waals surface area contributed by atoms with Crippen LogP contribution in [0.3, 0.4) is 0 Å². The number of ether oxygens (including phenoxy) is 1. The summed E-state index contributed by atoms with van der Waals surface area (Å²) in [5.74, 6) is -11.5. The molecule has 1 saturated heterocycles. The molecule has 0 aromatic carbocycles. The van der Waals surface area contributed by atoms with Gasteiger partial charge in [0.05, 0.1) is 6.61 Å². The number of aliphatic hydroxyl groups excluding tert-OH is 1. The summed E-state index contributed by atoms with van der Waals surface area (Å²) >= 11 is 0. The van der Waals surface area contributed by atoms with Crippen LogP contribution >= 0.6 is 0 Å². The van der Waals surface area contributed by atoms with Crippen LogP contribution in [0.25, 0.3) is 0 Å². The normalized spacial score (nSPS) is 41.7. The molecular weight excluding hydrogens is 368 g/mol. The van der Waals surface area contributed by atoms with E-state index in [0.29, 0.717) is 34.6 Å². The van der Waals surface area contributed by atoms with Crippen LogP contribution in [0.1, 0.15) is 34.6 Å². The van der Waals surface area contributed by atoms with E-state index in [1.807, 2.05) is 0 Å². The van der Waals surface area contributed by atoms with Crippen molar-refractivity contribution in [2.24, 2.45) is 0 Å². The minimum absolute atomic E-state index is 0.538. The van der Waals surface area contributed by atoms with Gasteiger partial charge in [0, 0.05) is 6.92 Å². The molecule has 1 aliphatic heterocycles. The largest absolute Gasteiger partial charge is 0.393 e. The number of aliphatic hydroxyl groups is 5. The van der Waals surface area contributed by atoms with Crippen molar-refractivity contribution in [2.75, 3.05) is 6.61 Å². The van der Waals surface area contributed by atoms with Gasteiger partial charge in [-0.2, -0.15) is 0 Å². The van der Waals surface area contributed by atoms with E-state index in [2.05, 4.69) is 0 Å². The molecule has 0 amide bonds. The maximum Gasteiger partial charge on any atom is 0.268 e. The molecule has 5 N–H and O–H groups in total. The van der Waals surface area contributed by atoms with E-state index in [1.165, 1.54) is 0 Å². The first kappa shape index (κ1) is 23.1. The van der Waals surface area contributed by atoms with Crippen LogP contribution in [0.5, 0.6) is 0 Å². The van der Waals surface area contributed by atoms with Crippen LogP contribution in [0.4, 0.5) is 0 Å². The average Bonchev–Trinajstić information content (AvgIpc) is 2.54. The molecule has 5 atom stereocenters. The van der Waals surface area contributed by atoms with Gasteiger partial charge < -0.3 is 30.3 Å². The lowest BCUT2D eigenvalue weighted by molar-refractivity contribution is -0.409. The maximum absolute atomic E-state index is 12.4. The zero-order valence-corrected chi connectivity index (χ0v) is 15.4. The predicted molar refractivity (Wildman–Crippen MR) is 84.1 cm³/mol. The van der Waals surface area contributed by atoms with E-state index in [0.717, 1.165) is 0 Å². The molecule has 1 rings (SSSR count). The Bertz CT molecular complexity index is 745. The summed E-state index contributed by atoms with van der Waals surface area (Å²) in [6, 6.07) is 0. The molecule has 1 fully saturated rings. The first-order chi connectivity index (χ1) is 12.0. The molecular formula is C16H22O11. The van der Waals surface area contributed by atoms with Gasteiger partial charge in [0.2, 0.25) is 16.8 Å². The second kappa shape index (κ2) is 6.33. The van der Waals surface area contributed by atoms with Crippen LogP contribution in [-0.2, 0) is 28.7 Å². The lowest BCUT2D eigenvalue weighted by Gasteiger charge is -2.63. The van der Waals surface area contributed by atoms with Gasteiger partial charge in [-0.05, 0) is 27.7 Å². The van der Waals surface area contributed by atoms with Gasteiger partial charge in [-0.25, -0.2) is 0 Å². The van der Waals surface area contributed by atoms with Crippen molar-refractivity contribution in [3.05, 3.63) is 0 Å². The van der Waals surface area contributed by atoms with Gasteiger partial charge in [-0.1, -0.05) is 0 Å². The van der Waals surface area contributed by atoms with E-state index in [4.69, 9.17) is 4.74 Å². The highest BCUT2D eigenvalue weighted by molar-refractivity contribution is 6.12. The van der Waals surface area contributed by atoms with Crippen LogP contribution < -0.4 is 0 Å². The summed E-state index contributed by atoms with van der Waals surface area (Å²) < 4.78 is 4.89. The summed E-state index contributed by atoms with van der Waals surface area (Å²) in [5.41, 5.74) is -14.8. The number of hydrogen-bond donors (Lipinski definition) is 5. The number of rotatable bonds is 6. The number of Topliss-reactive ketones (excluding diaryl/α,β-unsaturated/α-hetero) is 5. The molecule has 0 radical (unpaired) electrons. The highest BCUT2D eigenvalue weighted by Crippen LogP contribution is 2.54. The van der Waals surface area contributed by atoms with Crippen LogP contribution in [0.2, 0.25) is 0 Å². The Labute approximate surface area is 153 Å². The topological polar surface area (TPSA) is 196 Å². The van der Waals surface area contributed by atoms with E-state index < -0.39 is 63.7 Å². The number of carbonyl (C=O) groups excluding carboxylic acids is 5. The first-order valence-electron chi connectivity index (χ1n) is 7.74. The Morgan fingerprint density at radius 1 is 0.630 bits per heavy atom. The molecule has 0 spiro atoms. The molecule has 1 aliphatic rings. The molecule has 0 saturated carbocycles. The van der Waals surface area contributed by atoms with Gasteiger partial charge >= 0.3 is 0 Å². The molecule has 1 unspecified atom stereocenters. The smallest absolute Gasteiger partial charge is 0.268 e. The van der Waals surface area contributed by atoms with Crippen LogP contribution in [0, 0.1) is 0 Å². The van der Waals surface area contributed by atoms with E-state index >= 15 is 0 Å². The average molecular weight is 390 g/mol. The Kier molecular flexibility index (Phi) is 5.43. The fourth-order valence-electron chi connectivity index (χ4n) is 3.65. The Balaban J connectivity index is 4.36. The fourth-order valence-corrected chi connectivity index (χ4v) is 3.65. The number of hydrogen-bond acceptors (Lipinski definition) is 11. The quantitative estimate of drug-likeness (QED) is 0.303. The Morgan fingerprint density at radius 2 is 1.00 bits per heavy atom.